The molecular formula is C18H24N2O6. The Kier molecular flexibility index (Phi) is 7.16. The second-order valence-corrected chi connectivity index (χ2v) is 5.39. The molecule has 8 heteroatoms. The highest BCUT2D eigenvalue weighted by Crippen LogP contribution is 2.39. The number of methoxy groups -OCH3 is 4. The van der Waals surface area contributed by atoms with E-state index in [0.29, 0.717) is 42.6 Å². The summed E-state index contributed by atoms with van der Waals surface area (Å²) >= 11 is 0. The molecule has 142 valence electrons. The number of ether oxygens (including phenoxy) is 4. The molecule has 1 aromatic carbocycles. The lowest BCUT2D eigenvalue weighted by atomic mass is 10.2. The molecule has 26 heavy (non-hydrogen) atoms. The first-order valence-corrected chi connectivity index (χ1v) is 7.98. The number of furan rings is 1. The van der Waals surface area contributed by atoms with Crippen LogP contribution in [-0.2, 0) is 11.3 Å². The molecule has 0 fully saturated rings. The van der Waals surface area contributed by atoms with Crippen LogP contribution in [0.2, 0.25) is 0 Å². The highest BCUT2D eigenvalue weighted by molar-refractivity contribution is 5.90. The van der Waals surface area contributed by atoms with E-state index in [9.17, 15) is 4.79 Å². The van der Waals surface area contributed by atoms with Gasteiger partial charge in [-0.1, -0.05) is 0 Å². The number of carbonyl (C=O) groups is 1. The summed E-state index contributed by atoms with van der Waals surface area (Å²) in [6.45, 7) is 1.24. The Morgan fingerprint density at radius 1 is 1.12 bits per heavy atom. The average molecular weight is 364 g/mol. The predicted molar refractivity (Wildman–Crippen MR) is 96.1 cm³/mol. The number of hydrogen-bond acceptors (Lipinski definition) is 6. The fourth-order valence-corrected chi connectivity index (χ4v) is 2.41. The molecule has 8 nitrogen and oxygen atoms in total. The number of carbonyl (C=O) groups excluding carboxylic acids is 1. The first-order chi connectivity index (χ1) is 12.6. The zero-order chi connectivity index (χ0) is 18.9. The van der Waals surface area contributed by atoms with E-state index in [1.54, 1.807) is 36.7 Å². The number of nitrogens with zero attached hydrogens (tertiary/aromatic N) is 1. The maximum atomic E-state index is 12.7. The van der Waals surface area contributed by atoms with E-state index < -0.39 is 0 Å². The number of urea groups is 1. The molecule has 0 bridgehead atoms. The third kappa shape index (κ3) is 4.82. The van der Waals surface area contributed by atoms with E-state index in [0.717, 1.165) is 5.56 Å². The highest BCUT2D eigenvalue weighted by Gasteiger charge is 2.18. The van der Waals surface area contributed by atoms with Gasteiger partial charge in [-0.2, -0.15) is 0 Å². The van der Waals surface area contributed by atoms with Crippen LogP contribution in [0.5, 0.6) is 17.2 Å². The predicted octanol–water partition coefficient (Wildman–Crippen LogP) is 2.99. The smallest absolute Gasteiger partial charge is 0.322 e. The highest BCUT2D eigenvalue weighted by atomic mass is 16.5. The van der Waals surface area contributed by atoms with Gasteiger partial charge < -0.3 is 33.6 Å². The molecule has 0 atom stereocenters. The van der Waals surface area contributed by atoms with Gasteiger partial charge in [-0.05, 0) is 6.07 Å². The Hall–Kier alpha value is -2.87. The van der Waals surface area contributed by atoms with Crippen molar-refractivity contribution in [1.82, 2.24) is 4.90 Å². The van der Waals surface area contributed by atoms with Crippen LogP contribution in [0.1, 0.15) is 5.56 Å². The van der Waals surface area contributed by atoms with Crippen LogP contribution in [0.3, 0.4) is 0 Å². The number of nitrogens with one attached hydrogen (secondary N) is 1. The molecule has 0 aliphatic carbocycles. The van der Waals surface area contributed by atoms with Crippen molar-refractivity contribution >= 4 is 11.7 Å². The van der Waals surface area contributed by atoms with Crippen molar-refractivity contribution in [2.24, 2.45) is 0 Å². The van der Waals surface area contributed by atoms with Crippen LogP contribution in [0, 0.1) is 0 Å². The summed E-state index contributed by atoms with van der Waals surface area (Å²) in [5.74, 6) is 1.38. The molecule has 0 aliphatic heterocycles. The van der Waals surface area contributed by atoms with Crippen molar-refractivity contribution in [1.29, 1.82) is 0 Å². The van der Waals surface area contributed by atoms with Crippen LogP contribution < -0.4 is 19.5 Å². The Labute approximate surface area is 152 Å². The van der Waals surface area contributed by atoms with Gasteiger partial charge in [0.1, 0.15) is 0 Å². The lowest BCUT2D eigenvalue weighted by Crippen LogP contribution is -2.36. The molecule has 0 spiro atoms. The minimum absolute atomic E-state index is 0.280. The molecule has 2 aromatic rings. The SMILES string of the molecule is COCCN(Cc1ccoc1)C(=O)Nc1cc(OC)c(OC)c(OC)c1. The summed E-state index contributed by atoms with van der Waals surface area (Å²) in [6, 6.07) is 4.88. The van der Waals surface area contributed by atoms with Crippen LogP contribution in [0.15, 0.2) is 35.1 Å². The summed E-state index contributed by atoms with van der Waals surface area (Å²) in [5.41, 5.74) is 1.42. The van der Waals surface area contributed by atoms with E-state index in [-0.39, 0.29) is 6.03 Å². The van der Waals surface area contributed by atoms with E-state index in [4.69, 9.17) is 23.4 Å². The van der Waals surface area contributed by atoms with Gasteiger partial charge in [-0.15, -0.1) is 0 Å². The Morgan fingerprint density at radius 3 is 2.31 bits per heavy atom. The van der Waals surface area contributed by atoms with Gasteiger partial charge in [0.25, 0.3) is 0 Å². The van der Waals surface area contributed by atoms with Crippen LogP contribution in [0.25, 0.3) is 0 Å². The number of anilines is 1. The van der Waals surface area contributed by atoms with E-state index in [2.05, 4.69) is 5.32 Å². The van der Waals surface area contributed by atoms with Crippen molar-refractivity contribution in [3.63, 3.8) is 0 Å². The third-order valence-corrected chi connectivity index (χ3v) is 3.72. The first kappa shape index (κ1) is 19.5. The van der Waals surface area contributed by atoms with Crippen molar-refractivity contribution in [2.45, 2.75) is 6.54 Å². The van der Waals surface area contributed by atoms with Crippen molar-refractivity contribution < 1.29 is 28.2 Å². The summed E-state index contributed by atoms with van der Waals surface area (Å²) in [6.07, 6.45) is 3.17. The summed E-state index contributed by atoms with van der Waals surface area (Å²) < 4.78 is 26.1. The lowest BCUT2D eigenvalue weighted by Gasteiger charge is -2.23. The van der Waals surface area contributed by atoms with Crippen molar-refractivity contribution in [2.75, 3.05) is 46.9 Å². The van der Waals surface area contributed by atoms with Gasteiger partial charge in [-0.25, -0.2) is 4.79 Å². The van der Waals surface area contributed by atoms with Crippen LogP contribution in [0.4, 0.5) is 10.5 Å². The molecule has 0 unspecified atom stereocenters. The number of benzene rings is 1. The van der Waals surface area contributed by atoms with Gasteiger partial charge in [0.2, 0.25) is 5.75 Å². The third-order valence-electron chi connectivity index (χ3n) is 3.72. The topological polar surface area (TPSA) is 82.4 Å². The second-order valence-electron chi connectivity index (χ2n) is 5.39. The maximum absolute atomic E-state index is 12.7. The normalized spacial score (nSPS) is 10.3. The minimum atomic E-state index is -0.280. The molecule has 0 radical (unpaired) electrons. The Balaban J connectivity index is 2.19. The molecule has 1 heterocycles. The van der Waals surface area contributed by atoms with Gasteiger partial charge >= 0.3 is 6.03 Å². The van der Waals surface area contributed by atoms with E-state index in [1.165, 1.54) is 21.3 Å². The lowest BCUT2D eigenvalue weighted by molar-refractivity contribution is 0.152. The molecule has 2 amide bonds. The summed E-state index contributed by atoms with van der Waals surface area (Å²) in [4.78, 5) is 14.3. The fraction of sp³-hybridized carbons (Fsp3) is 0.389. The fourth-order valence-electron chi connectivity index (χ4n) is 2.41. The van der Waals surface area contributed by atoms with E-state index >= 15 is 0 Å². The first-order valence-electron chi connectivity index (χ1n) is 7.98. The molecule has 1 aromatic heterocycles. The zero-order valence-corrected chi connectivity index (χ0v) is 15.4. The van der Waals surface area contributed by atoms with Crippen molar-refractivity contribution in [3.8, 4) is 17.2 Å². The standard InChI is InChI=1S/C18H24N2O6/c1-22-8-6-20(11-13-5-7-26-12-13)18(21)19-14-9-15(23-2)17(25-4)16(10-14)24-3/h5,7,9-10,12H,6,8,11H2,1-4H3,(H,19,21). The van der Waals surface area contributed by atoms with Gasteiger partial charge in [0, 0.05) is 31.4 Å². The quantitative estimate of drug-likeness (QED) is 0.737. The van der Waals surface area contributed by atoms with Crippen molar-refractivity contribution in [3.05, 3.63) is 36.3 Å². The van der Waals surface area contributed by atoms with Crippen LogP contribution in [-0.4, -0.2) is 52.5 Å². The molecule has 1 N–H and O–H groups in total. The Morgan fingerprint density at radius 2 is 1.81 bits per heavy atom. The molecule has 2 rings (SSSR count). The summed E-state index contributed by atoms with van der Waals surface area (Å²) in [7, 11) is 6.16. The van der Waals surface area contributed by atoms with Gasteiger partial charge in [-0.3, -0.25) is 0 Å². The average Bonchev–Trinajstić information content (AvgIpc) is 3.17. The maximum Gasteiger partial charge on any atom is 0.322 e. The zero-order valence-electron chi connectivity index (χ0n) is 15.4. The van der Waals surface area contributed by atoms with Crippen LogP contribution >= 0.6 is 0 Å². The molecule has 0 saturated heterocycles. The number of amides is 2. The Bertz CT molecular complexity index is 677. The minimum Gasteiger partial charge on any atom is -0.493 e. The monoisotopic (exact) mass is 364 g/mol. The van der Waals surface area contributed by atoms with E-state index in [1.807, 2.05) is 6.07 Å². The molecule has 0 saturated carbocycles. The molecule has 0 aliphatic rings. The second kappa shape index (κ2) is 9.57. The van der Waals surface area contributed by atoms with Gasteiger partial charge in [0.15, 0.2) is 11.5 Å². The largest absolute Gasteiger partial charge is 0.493 e. The molecular weight excluding hydrogens is 340 g/mol. The summed E-state index contributed by atoms with van der Waals surface area (Å²) in [5, 5.41) is 2.85. The van der Waals surface area contributed by atoms with Gasteiger partial charge in [0.05, 0.1) is 52.7 Å². The number of hydrogen-bond donors (Lipinski definition) is 1. The number of rotatable bonds is 9.